The fraction of sp³-hybridized carbons (Fsp3) is 0.480. The van der Waals surface area contributed by atoms with Crippen LogP contribution in [-0.4, -0.2) is 60.0 Å². The Labute approximate surface area is 212 Å². The molecule has 2 aliphatic heterocycles. The van der Waals surface area contributed by atoms with E-state index in [1.807, 2.05) is 19.9 Å². The summed E-state index contributed by atoms with van der Waals surface area (Å²) in [6.07, 6.45) is 1.84. The number of amides is 1. The largest absolute Gasteiger partial charge is 0.397 e. The Bertz CT molecular complexity index is 1370. The number of nitrogens with zero attached hydrogens (tertiary/aromatic N) is 3. The molecule has 3 aromatic heterocycles. The lowest BCUT2D eigenvalue weighted by molar-refractivity contribution is -0.147. The van der Waals surface area contributed by atoms with Gasteiger partial charge in [-0.15, -0.1) is 11.3 Å². The summed E-state index contributed by atoms with van der Waals surface area (Å²) in [7, 11) is 0. The van der Waals surface area contributed by atoms with Crippen molar-refractivity contribution in [2.75, 3.05) is 36.9 Å². The SMILES string of the molecule is Cc1cc(C)c2c(N)c(C(=O)NC3CCc4nc(N5CC(N)C6(C5)OCCO6)c(F)cc4C3)sc2n1. The van der Waals surface area contributed by atoms with E-state index < -0.39 is 11.6 Å². The number of ether oxygens (including phenoxy) is 2. The van der Waals surface area contributed by atoms with Crippen LogP contribution in [0.1, 0.15) is 38.6 Å². The third-order valence-electron chi connectivity index (χ3n) is 7.36. The van der Waals surface area contributed by atoms with Gasteiger partial charge in [-0.3, -0.25) is 4.79 Å². The number of hydrogen-bond acceptors (Lipinski definition) is 9. The van der Waals surface area contributed by atoms with Crippen LogP contribution in [0.15, 0.2) is 12.1 Å². The second-order valence-electron chi connectivity index (χ2n) is 9.91. The lowest BCUT2D eigenvalue weighted by Crippen LogP contribution is -2.47. The van der Waals surface area contributed by atoms with E-state index in [1.165, 1.54) is 17.4 Å². The van der Waals surface area contributed by atoms with Gasteiger partial charge >= 0.3 is 0 Å². The minimum absolute atomic E-state index is 0.138. The Morgan fingerprint density at radius 3 is 2.83 bits per heavy atom. The average molecular weight is 513 g/mol. The summed E-state index contributed by atoms with van der Waals surface area (Å²) < 4.78 is 26.7. The number of aryl methyl sites for hydroxylation is 3. The van der Waals surface area contributed by atoms with Gasteiger partial charge in [0.15, 0.2) is 11.6 Å². The normalized spacial score (nSPS) is 22.9. The highest BCUT2D eigenvalue weighted by Crippen LogP contribution is 2.36. The van der Waals surface area contributed by atoms with Crippen molar-refractivity contribution < 1.29 is 18.7 Å². The zero-order valence-electron chi connectivity index (χ0n) is 20.3. The highest BCUT2D eigenvalue weighted by Gasteiger charge is 2.50. The maximum atomic E-state index is 15.2. The van der Waals surface area contributed by atoms with Gasteiger partial charge in [-0.2, -0.15) is 0 Å². The number of carbonyl (C=O) groups excluding carboxylic acids is 1. The topological polar surface area (TPSA) is 129 Å². The summed E-state index contributed by atoms with van der Waals surface area (Å²) in [5.41, 5.74) is 16.6. The van der Waals surface area contributed by atoms with E-state index in [0.29, 0.717) is 56.1 Å². The Balaban J connectivity index is 1.19. The highest BCUT2D eigenvalue weighted by molar-refractivity contribution is 7.21. The third-order valence-corrected chi connectivity index (χ3v) is 8.45. The summed E-state index contributed by atoms with van der Waals surface area (Å²) in [4.78, 5) is 25.4. The molecular weight excluding hydrogens is 483 g/mol. The first-order valence-electron chi connectivity index (χ1n) is 12.2. The molecule has 190 valence electrons. The molecule has 9 nitrogen and oxygen atoms in total. The van der Waals surface area contributed by atoms with Gasteiger partial charge in [0.05, 0.1) is 31.5 Å². The molecule has 0 aromatic carbocycles. The lowest BCUT2D eigenvalue weighted by atomic mass is 9.91. The maximum absolute atomic E-state index is 15.2. The summed E-state index contributed by atoms with van der Waals surface area (Å²) >= 11 is 1.30. The van der Waals surface area contributed by atoms with Crippen LogP contribution in [0.3, 0.4) is 0 Å². The molecule has 5 heterocycles. The third kappa shape index (κ3) is 3.81. The van der Waals surface area contributed by atoms with E-state index in [0.717, 1.165) is 32.7 Å². The molecule has 2 fully saturated rings. The molecule has 6 rings (SSSR count). The molecule has 5 N–H and O–H groups in total. The Morgan fingerprint density at radius 1 is 1.28 bits per heavy atom. The molecule has 0 bridgehead atoms. The molecule has 1 aliphatic carbocycles. The number of fused-ring (bicyclic) bond motifs is 2. The van der Waals surface area contributed by atoms with Gasteiger partial charge in [0.1, 0.15) is 9.71 Å². The smallest absolute Gasteiger partial charge is 0.263 e. The molecule has 3 aliphatic rings. The number of rotatable bonds is 3. The summed E-state index contributed by atoms with van der Waals surface area (Å²) in [5, 5.41) is 3.93. The molecule has 2 unspecified atom stereocenters. The number of hydrogen-bond donors (Lipinski definition) is 3. The van der Waals surface area contributed by atoms with Gasteiger partial charge < -0.3 is 31.2 Å². The van der Waals surface area contributed by atoms with Crippen molar-refractivity contribution in [3.05, 3.63) is 45.3 Å². The number of thiophene rings is 1. The van der Waals surface area contributed by atoms with Gasteiger partial charge in [-0.05, 0) is 56.4 Å². The minimum atomic E-state index is -0.888. The number of nitrogen functional groups attached to an aromatic ring is 1. The second-order valence-corrected chi connectivity index (χ2v) is 10.9. The number of pyridine rings is 2. The molecule has 1 spiro atoms. The molecular formula is C25H29FN6O3S. The molecule has 2 atom stereocenters. The molecule has 11 heteroatoms. The Hall–Kier alpha value is -2.86. The monoisotopic (exact) mass is 512 g/mol. The zero-order chi connectivity index (χ0) is 25.2. The Morgan fingerprint density at radius 2 is 2.06 bits per heavy atom. The van der Waals surface area contributed by atoms with Crippen molar-refractivity contribution >= 4 is 39.0 Å². The van der Waals surface area contributed by atoms with E-state index in [1.54, 1.807) is 4.90 Å². The molecule has 0 saturated carbocycles. The van der Waals surface area contributed by atoms with Gasteiger partial charge in [0.2, 0.25) is 5.79 Å². The first-order valence-corrected chi connectivity index (χ1v) is 13.0. The number of nitrogens with one attached hydrogen (secondary N) is 1. The van der Waals surface area contributed by atoms with E-state index >= 15 is 4.39 Å². The number of aromatic nitrogens is 2. The van der Waals surface area contributed by atoms with E-state index in [9.17, 15) is 4.79 Å². The first kappa shape index (κ1) is 23.5. The molecule has 3 aromatic rings. The van der Waals surface area contributed by atoms with Crippen LogP contribution in [-0.2, 0) is 22.3 Å². The van der Waals surface area contributed by atoms with Crippen LogP contribution in [0, 0.1) is 19.7 Å². The molecule has 2 saturated heterocycles. The standard InChI is InChI=1S/C25H29FN6O3S/c1-12-7-13(2)29-24-19(12)20(28)21(36-24)23(33)30-15-3-4-17-14(8-15)9-16(26)22(31-17)32-10-18(27)25(11-32)34-5-6-35-25/h7,9,15,18H,3-6,8,10-11,27-28H2,1-2H3,(H,30,33). The van der Waals surface area contributed by atoms with Crippen molar-refractivity contribution in [1.82, 2.24) is 15.3 Å². The fourth-order valence-corrected chi connectivity index (χ4v) is 6.74. The van der Waals surface area contributed by atoms with Gasteiger partial charge in [0.25, 0.3) is 5.91 Å². The average Bonchev–Trinajstić information content (AvgIpc) is 3.52. The van der Waals surface area contributed by atoms with Crippen molar-refractivity contribution in [3.8, 4) is 0 Å². The summed E-state index contributed by atoms with van der Waals surface area (Å²) in [5.74, 6) is -1.24. The molecule has 1 amide bonds. The van der Waals surface area contributed by atoms with E-state index in [4.69, 9.17) is 20.9 Å². The number of nitrogens with two attached hydrogens (primary N) is 2. The van der Waals surface area contributed by atoms with Crippen LogP contribution in [0.4, 0.5) is 15.9 Å². The minimum Gasteiger partial charge on any atom is -0.397 e. The molecule has 36 heavy (non-hydrogen) atoms. The van der Waals surface area contributed by atoms with Crippen molar-refractivity contribution in [2.24, 2.45) is 5.73 Å². The molecule has 0 radical (unpaired) electrons. The lowest BCUT2D eigenvalue weighted by Gasteiger charge is -2.27. The highest BCUT2D eigenvalue weighted by atomic mass is 32.1. The van der Waals surface area contributed by atoms with E-state index in [2.05, 4.69) is 15.3 Å². The van der Waals surface area contributed by atoms with Gasteiger partial charge in [-0.1, -0.05) is 0 Å². The number of carbonyl (C=O) groups is 1. The predicted molar refractivity (Wildman–Crippen MR) is 136 cm³/mol. The van der Waals surface area contributed by atoms with Crippen LogP contribution >= 0.6 is 11.3 Å². The zero-order valence-corrected chi connectivity index (χ0v) is 21.1. The first-order chi connectivity index (χ1) is 17.2. The maximum Gasteiger partial charge on any atom is 0.263 e. The van der Waals surface area contributed by atoms with Gasteiger partial charge in [0, 0.05) is 29.4 Å². The van der Waals surface area contributed by atoms with E-state index in [-0.39, 0.29) is 23.8 Å². The van der Waals surface area contributed by atoms with Crippen LogP contribution in [0.25, 0.3) is 10.2 Å². The van der Waals surface area contributed by atoms with Crippen molar-refractivity contribution in [3.63, 3.8) is 0 Å². The predicted octanol–water partition coefficient (Wildman–Crippen LogP) is 2.21. The van der Waals surface area contributed by atoms with Crippen LogP contribution in [0.2, 0.25) is 0 Å². The Kier molecular flexibility index (Phi) is 5.63. The number of anilines is 2. The second kappa shape index (κ2) is 8.62. The summed E-state index contributed by atoms with van der Waals surface area (Å²) in [6, 6.07) is 2.99. The van der Waals surface area contributed by atoms with Crippen molar-refractivity contribution in [1.29, 1.82) is 0 Å². The van der Waals surface area contributed by atoms with Gasteiger partial charge in [-0.25, -0.2) is 14.4 Å². The summed E-state index contributed by atoms with van der Waals surface area (Å²) in [6.45, 7) is 5.62. The quantitative estimate of drug-likeness (QED) is 0.487. The van der Waals surface area contributed by atoms with Crippen LogP contribution in [0.5, 0.6) is 0 Å². The van der Waals surface area contributed by atoms with Crippen molar-refractivity contribution in [2.45, 2.75) is 51.0 Å². The fourth-order valence-electron chi connectivity index (χ4n) is 5.62. The number of halogens is 1. The van der Waals surface area contributed by atoms with Crippen LogP contribution < -0.4 is 21.7 Å².